The number of anilines is 1. The summed E-state index contributed by atoms with van der Waals surface area (Å²) in [4.78, 5) is 0. The Balaban J connectivity index is 1.90. The molecule has 11 heteroatoms. The largest absolute Gasteiger partial charge is 0.435 e. The van der Waals surface area contributed by atoms with Gasteiger partial charge in [-0.25, -0.2) is 9.07 Å². The number of nitrogens with zero attached hydrogens (tertiary/aromatic N) is 3. The van der Waals surface area contributed by atoms with Crippen molar-refractivity contribution in [2.75, 3.05) is 5.73 Å². The summed E-state index contributed by atoms with van der Waals surface area (Å²) in [5.41, 5.74) is 4.17. The molecule has 0 aliphatic heterocycles. The van der Waals surface area contributed by atoms with Gasteiger partial charge in [-0.05, 0) is 30.3 Å². The molecule has 0 bridgehead atoms. The standard InChI is InChI=1S/C20H12ClF4IN4O/c1-26-10-4-2-5-11(8-10)30-9-12(19(28-30)20(23,24)25)18-16(27)17(29-31-18)15-13(21)6-3-7-14(15)22/h2-9H,1,27H2. The maximum absolute atomic E-state index is 14.3. The molecular weight excluding hydrogens is 551 g/mol. The zero-order valence-corrected chi connectivity index (χ0v) is 18.3. The van der Waals surface area contributed by atoms with Gasteiger partial charge in [-0.1, -0.05) is 54.1 Å². The summed E-state index contributed by atoms with van der Waals surface area (Å²) >= 11 is 5.52. The topological polar surface area (TPSA) is 69.9 Å². The highest BCUT2D eigenvalue weighted by Crippen LogP contribution is 2.43. The molecule has 0 radical (unpaired) electrons. The predicted molar refractivity (Wildman–Crippen MR) is 119 cm³/mol. The molecule has 0 atom stereocenters. The Labute approximate surface area is 188 Å². The van der Waals surface area contributed by atoms with E-state index < -0.39 is 44.0 Å². The molecule has 31 heavy (non-hydrogen) atoms. The van der Waals surface area contributed by atoms with Crippen molar-refractivity contribution in [3.63, 3.8) is 0 Å². The molecule has 2 heterocycles. The molecule has 0 unspecified atom stereocenters. The second-order valence-corrected chi connectivity index (χ2v) is 8.73. The van der Waals surface area contributed by atoms with Gasteiger partial charge in [0.1, 0.15) is 17.2 Å². The van der Waals surface area contributed by atoms with Crippen LogP contribution in [0.4, 0.5) is 23.2 Å². The van der Waals surface area contributed by atoms with Crippen molar-refractivity contribution in [3.05, 3.63) is 68.8 Å². The van der Waals surface area contributed by atoms with Gasteiger partial charge in [0.25, 0.3) is 0 Å². The van der Waals surface area contributed by atoms with Crippen molar-refractivity contribution in [2.24, 2.45) is 0 Å². The van der Waals surface area contributed by atoms with E-state index in [9.17, 15) is 17.6 Å². The van der Waals surface area contributed by atoms with E-state index in [0.717, 1.165) is 20.5 Å². The number of alkyl halides is 3. The first-order valence-electron chi connectivity index (χ1n) is 8.56. The highest BCUT2D eigenvalue weighted by Gasteiger charge is 2.40. The number of hydrogen-bond donors (Lipinski definition) is 1. The molecule has 0 aliphatic carbocycles. The molecule has 0 saturated heterocycles. The van der Waals surface area contributed by atoms with Crippen molar-refractivity contribution in [1.82, 2.24) is 14.9 Å². The van der Waals surface area contributed by atoms with Crippen LogP contribution < -0.4 is 5.73 Å². The Kier molecular flexibility index (Phi) is 5.60. The van der Waals surface area contributed by atoms with Crippen molar-refractivity contribution < 1.29 is 22.1 Å². The zero-order chi connectivity index (χ0) is 22.3. The van der Waals surface area contributed by atoms with E-state index in [2.05, 4.69) is 14.8 Å². The van der Waals surface area contributed by atoms with E-state index in [1.54, 1.807) is 18.2 Å². The minimum atomic E-state index is -4.80. The first-order chi connectivity index (χ1) is 14.7. The minimum absolute atomic E-state index is 0.00780. The van der Waals surface area contributed by atoms with E-state index in [-0.39, 0.29) is 27.7 Å². The molecular formula is C20H12ClF4IN4O. The van der Waals surface area contributed by atoms with E-state index in [0.29, 0.717) is 5.69 Å². The van der Waals surface area contributed by atoms with Gasteiger partial charge in [0.15, 0.2) is 11.5 Å². The van der Waals surface area contributed by atoms with Crippen LogP contribution in [-0.4, -0.2) is 19.5 Å². The van der Waals surface area contributed by atoms with Gasteiger partial charge in [0.2, 0.25) is 0 Å². The molecule has 5 nitrogen and oxygen atoms in total. The van der Waals surface area contributed by atoms with E-state index >= 15 is 0 Å². The lowest BCUT2D eigenvalue weighted by molar-refractivity contribution is -0.140. The summed E-state index contributed by atoms with van der Waals surface area (Å²) in [6.45, 7) is 0. The van der Waals surface area contributed by atoms with Gasteiger partial charge < -0.3 is 10.3 Å². The van der Waals surface area contributed by atoms with Crippen LogP contribution in [0.3, 0.4) is 0 Å². The van der Waals surface area contributed by atoms with Gasteiger partial charge in [-0.3, -0.25) is 0 Å². The third-order valence-electron chi connectivity index (χ3n) is 4.38. The van der Waals surface area contributed by atoms with Crippen molar-refractivity contribution in [3.8, 4) is 28.3 Å². The minimum Gasteiger partial charge on any atom is -0.394 e. The molecule has 4 aromatic rings. The molecule has 0 fully saturated rings. The molecule has 2 aromatic heterocycles. The van der Waals surface area contributed by atoms with E-state index in [1.165, 1.54) is 12.1 Å². The first kappa shape index (κ1) is 21.5. The summed E-state index contributed by atoms with van der Waals surface area (Å²) < 4.78 is 66.5. The Morgan fingerprint density at radius 2 is 1.90 bits per heavy atom. The summed E-state index contributed by atoms with van der Waals surface area (Å²) in [6.07, 6.45) is -3.65. The van der Waals surface area contributed by atoms with Crippen LogP contribution in [0, 0.1) is 9.39 Å². The molecule has 4 rings (SSSR count). The SMILES string of the molecule is C=Ic1cccc(-n2cc(-c3onc(-c4c(F)cccc4Cl)c3N)c(C(F)(F)F)n2)c1. The lowest BCUT2D eigenvalue weighted by atomic mass is 10.1. The third kappa shape index (κ3) is 3.97. The Morgan fingerprint density at radius 1 is 1.16 bits per heavy atom. The Bertz CT molecular complexity index is 1280. The van der Waals surface area contributed by atoms with Gasteiger partial charge in [-0.2, -0.15) is 18.3 Å². The van der Waals surface area contributed by atoms with Crippen LogP contribution in [0.15, 0.2) is 53.2 Å². The van der Waals surface area contributed by atoms with E-state index in [1.807, 2.05) is 6.07 Å². The number of rotatable bonds is 4. The quantitative estimate of drug-likeness (QED) is 0.239. The molecule has 0 aliphatic rings. The van der Waals surface area contributed by atoms with Gasteiger partial charge in [0, 0.05) is 9.77 Å². The first-order valence-corrected chi connectivity index (χ1v) is 11.5. The van der Waals surface area contributed by atoms with Crippen molar-refractivity contribution >= 4 is 42.5 Å². The van der Waals surface area contributed by atoms with Gasteiger partial charge in [-0.15, -0.1) is 0 Å². The van der Waals surface area contributed by atoms with Crippen LogP contribution in [0.5, 0.6) is 0 Å². The molecule has 2 aromatic carbocycles. The van der Waals surface area contributed by atoms with Crippen LogP contribution in [0.2, 0.25) is 5.02 Å². The summed E-state index contributed by atoms with van der Waals surface area (Å²) in [6, 6.07) is 10.8. The second-order valence-electron chi connectivity index (χ2n) is 6.32. The fraction of sp³-hybridized carbons (Fsp3) is 0.0500. The number of aromatic nitrogens is 3. The summed E-state index contributed by atoms with van der Waals surface area (Å²) in [5, 5.41) is 7.38. The third-order valence-corrected chi connectivity index (χ3v) is 6.25. The second kappa shape index (κ2) is 8.08. The molecule has 160 valence electrons. The molecule has 2 N–H and O–H groups in total. The van der Waals surface area contributed by atoms with Crippen molar-refractivity contribution in [2.45, 2.75) is 6.18 Å². The summed E-state index contributed by atoms with van der Waals surface area (Å²) in [7, 11) is 0. The Morgan fingerprint density at radius 3 is 2.58 bits per heavy atom. The fourth-order valence-corrected chi connectivity index (χ4v) is 4.23. The average Bonchev–Trinajstić information content (AvgIpc) is 3.32. The highest BCUT2D eigenvalue weighted by molar-refractivity contribution is 14.2. The lowest BCUT2D eigenvalue weighted by Gasteiger charge is -2.05. The fourth-order valence-electron chi connectivity index (χ4n) is 2.98. The van der Waals surface area contributed by atoms with Crippen LogP contribution in [0.25, 0.3) is 28.3 Å². The number of nitrogen functional groups attached to an aromatic ring is 1. The monoisotopic (exact) mass is 562 g/mol. The zero-order valence-electron chi connectivity index (χ0n) is 15.4. The number of nitrogens with two attached hydrogens (primary N) is 1. The Hall–Kier alpha value is -2.73. The maximum atomic E-state index is 14.3. The highest BCUT2D eigenvalue weighted by atomic mass is 127. The number of hydrogen-bond acceptors (Lipinski definition) is 4. The summed E-state index contributed by atoms with van der Waals surface area (Å²) in [5.74, 6) is -1.12. The maximum Gasteiger partial charge on any atom is 0.435 e. The predicted octanol–water partition coefficient (Wildman–Crippen LogP) is 6.16. The van der Waals surface area contributed by atoms with Gasteiger partial charge >= 0.3 is 6.18 Å². The normalized spacial score (nSPS) is 11.8. The average molecular weight is 563 g/mol. The van der Waals surface area contributed by atoms with Crippen LogP contribution >= 0.6 is 32.3 Å². The number of benzene rings is 2. The van der Waals surface area contributed by atoms with Gasteiger partial charge in [0.05, 0.1) is 21.8 Å². The van der Waals surface area contributed by atoms with Crippen LogP contribution in [-0.2, 0) is 6.18 Å². The smallest absolute Gasteiger partial charge is 0.394 e. The molecule has 0 saturated carbocycles. The lowest BCUT2D eigenvalue weighted by Crippen LogP contribution is -2.09. The van der Waals surface area contributed by atoms with Crippen molar-refractivity contribution in [1.29, 1.82) is 0 Å². The number of halogens is 6. The molecule has 0 spiro atoms. The van der Waals surface area contributed by atoms with Crippen LogP contribution in [0.1, 0.15) is 5.69 Å². The van der Waals surface area contributed by atoms with E-state index in [4.69, 9.17) is 21.9 Å². The molecule has 0 amide bonds.